The number of phenols is 1. The fourth-order valence-corrected chi connectivity index (χ4v) is 1.64. The van der Waals surface area contributed by atoms with Crippen molar-refractivity contribution < 1.29 is 5.11 Å². The zero-order valence-corrected chi connectivity index (χ0v) is 12.8. The Balaban J connectivity index is 0.000000741. The summed E-state index contributed by atoms with van der Waals surface area (Å²) in [5.74, 6) is 0.335. The standard InChI is InChI=1S/C14H14O.2C2H6/c1-2-11-7-9-12(10-8-11)13-5-3-4-6-14(13)15;2*1-2/h3-10,15H,2H2,1H3;2*1-2H3. The summed E-state index contributed by atoms with van der Waals surface area (Å²) in [5, 5.41) is 9.69. The maximum Gasteiger partial charge on any atom is 0.123 e. The second-order valence-electron chi connectivity index (χ2n) is 3.57. The summed E-state index contributed by atoms with van der Waals surface area (Å²) in [4.78, 5) is 0. The molecule has 0 fully saturated rings. The zero-order chi connectivity index (χ0) is 14.7. The molecule has 0 saturated carbocycles. The van der Waals surface area contributed by atoms with E-state index in [-0.39, 0.29) is 0 Å². The predicted octanol–water partition coefficient (Wildman–Crippen LogP) is 5.67. The molecule has 2 aromatic rings. The number of benzene rings is 2. The highest BCUT2D eigenvalue weighted by Gasteiger charge is 2.01. The second-order valence-corrected chi connectivity index (χ2v) is 3.57. The van der Waals surface area contributed by atoms with Gasteiger partial charge < -0.3 is 5.11 Å². The van der Waals surface area contributed by atoms with Gasteiger partial charge in [-0.3, -0.25) is 0 Å². The molecule has 2 aromatic carbocycles. The predicted molar refractivity (Wildman–Crippen MR) is 85.6 cm³/mol. The second kappa shape index (κ2) is 10.2. The molecule has 1 N–H and O–H groups in total. The summed E-state index contributed by atoms with van der Waals surface area (Å²) >= 11 is 0. The molecule has 0 saturated heterocycles. The number of aryl methyl sites for hydroxylation is 1. The lowest BCUT2D eigenvalue weighted by atomic mass is 10.0. The molecular formula is C18H26O. The molecule has 0 aromatic heterocycles. The third-order valence-corrected chi connectivity index (χ3v) is 2.58. The van der Waals surface area contributed by atoms with Gasteiger partial charge in [-0.15, -0.1) is 0 Å². The van der Waals surface area contributed by atoms with Crippen LogP contribution >= 0.6 is 0 Å². The summed E-state index contributed by atoms with van der Waals surface area (Å²) in [7, 11) is 0. The highest BCUT2D eigenvalue weighted by Crippen LogP contribution is 2.28. The zero-order valence-electron chi connectivity index (χ0n) is 12.8. The number of hydrogen-bond acceptors (Lipinski definition) is 1. The van der Waals surface area contributed by atoms with Gasteiger partial charge in [0.25, 0.3) is 0 Å². The monoisotopic (exact) mass is 258 g/mol. The first-order valence-electron chi connectivity index (χ1n) is 7.18. The molecular weight excluding hydrogens is 232 g/mol. The molecule has 19 heavy (non-hydrogen) atoms. The Morgan fingerprint density at radius 2 is 1.32 bits per heavy atom. The molecule has 0 aliphatic rings. The summed E-state index contributed by atoms with van der Waals surface area (Å²) in [6.07, 6.45) is 1.04. The molecule has 1 heteroatoms. The first-order valence-corrected chi connectivity index (χ1v) is 7.18. The van der Waals surface area contributed by atoms with Gasteiger partial charge in [-0.1, -0.05) is 77.1 Å². The Morgan fingerprint density at radius 3 is 1.79 bits per heavy atom. The topological polar surface area (TPSA) is 20.2 Å². The van der Waals surface area contributed by atoms with E-state index < -0.39 is 0 Å². The van der Waals surface area contributed by atoms with Gasteiger partial charge in [0.15, 0.2) is 0 Å². The minimum absolute atomic E-state index is 0.335. The molecule has 0 unspecified atom stereocenters. The Bertz CT molecular complexity index is 444. The van der Waals surface area contributed by atoms with Crippen LogP contribution in [0.2, 0.25) is 0 Å². The van der Waals surface area contributed by atoms with Gasteiger partial charge in [-0.05, 0) is 23.6 Å². The van der Waals surface area contributed by atoms with Crippen molar-refractivity contribution in [3.63, 3.8) is 0 Å². The highest BCUT2D eigenvalue weighted by atomic mass is 16.3. The number of aromatic hydroxyl groups is 1. The van der Waals surface area contributed by atoms with Crippen LogP contribution in [0.5, 0.6) is 5.75 Å². The van der Waals surface area contributed by atoms with Gasteiger partial charge in [0.05, 0.1) is 0 Å². The van der Waals surface area contributed by atoms with E-state index in [4.69, 9.17) is 0 Å². The minimum atomic E-state index is 0.335. The van der Waals surface area contributed by atoms with Crippen LogP contribution in [-0.4, -0.2) is 5.11 Å². The van der Waals surface area contributed by atoms with Gasteiger partial charge in [0, 0.05) is 5.56 Å². The van der Waals surface area contributed by atoms with Gasteiger partial charge in [-0.2, -0.15) is 0 Å². The number of para-hydroxylation sites is 1. The van der Waals surface area contributed by atoms with Crippen molar-refractivity contribution in [1.29, 1.82) is 0 Å². The van der Waals surface area contributed by atoms with Gasteiger partial charge in [0.2, 0.25) is 0 Å². The summed E-state index contributed by atoms with van der Waals surface area (Å²) < 4.78 is 0. The Labute approximate surface area is 117 Å². The average Bonchev–Trinajstić information content (AvgIpc) is 2.52. The Kier molecular flexibility index (Phi) is 9.25. The van der Waals surface area contributed by atoms with Gasteiger partial charge >= 0.3 is 0 Å². The van der Waals surface area contributed by atoms with E-state index in [2.05, 4.69) is 19.1 Å². The molecule has 0 atom stereocenters. The molecule has 0 heterocycles. The molecule has 1 nitrogen and oxygen atoms in total. The number of hydrogen-bond donors (Lipinski definition) is 1. The molecule has 0 radical (unpaired) electrons. The maximum absolute atomic E-state index is 9.69. The van der Waals surface area contributed by atoms with Crippen molar-refractivity contribution in [1.82, 2.24) is 0 Å². The largest absolute Gasteiger partial charge is 0.507 e. The van der Waals surface area contributed by atoms with Crippen molar-refractivity contribution in [2.45, 2.75) is 41.0 Å². The lowest BCUT2D eigenvalue weighted by Crippen LogP contribution is -1.81. The maximum atomic E-state index is 9.69. The van der Waals surface area contributed by atoms with Crippen LogP contribution < -0.4 is 0 Å². The van der Waals surface area contributed by atoms with E-state index >= 15 is 0 Å². The summed E-state index contributed by atoms with van der Waals surface area (Å²) in [6.45, 7) is 10.1. The SMILES string of the molecule is CC.CC.CCc1ccc(-c2ccccc2O)cc1. The number of phenolic OH excluding ortho intramolecular Hbond substituents is 1. The van der Waals surface area contributed by atoms with Crippen LogP contribution in [0.15, 0.2) is 48.5 Å². The fraction of sp³-hybridized carbons (Fsp3) is 0.333. The third-order valence-electron chi connectivity index (χ3n) is 2.58. The van der Waals surface area contributed by atoms with Crippen molar-refractivity contribution in [2.24, 2.45) is 0 Å². The lowest BCUT2D eigenvalue weighted by molar-refractivity contribution is 0.477. The van der Waals surface area contributed by atoms with E-state index in [1.807, 2.05) is 58.0 Å². The molecule has 0 amide bonds. The van der Waals surface area contributed by atoms with Crippen molar-refractivity contribution in [3.05, 3.63) is 54.1 Å². The molecule has 104 valence electrons. The van der Waals surface area contributed by atoms with Crippen LogP contribution in [0, 0.1) is 0 Å². The normalized spacial score (nSPS) is 8.68. The van der Waals surface area contributed by atoms with E-state index in [1.165, 1.54) is 5.56 Å². The lowest BCUT2D eigenvalue weighted by Gasteiger charge is -2.05. The quantitative estimate of drug-likeness (QED) is 0.735. The first kappa shape index (κ1) is 17.2. The summed E-state index contributed by atoms with van der Waals surface area (Å²) in [5.41, 5.74) is 3.26. The third kappa shape index (κ3) is 5.17. The minimum Gasteiger partial charge on any atom is -0.507 e. The molecule has 0 spiro atoms. The van der Waals surface area contributed by atoms with Crippen LogP contribution in [0.4, 0.5) is 0 Å². The van der Waals surface area contributed by atoms with Gasteiger partial charge in [0.1, 0.15) is 5.75 Å². The average molecular weight is 258 g/mol. The molecule has 0 bridgehead atoms. The summed E-state index contributed by atoms with van der Waals surface area (Å²) in [6, 6.07) is 15.7. The smallest absolute Gasteiger partial charge is 0.123 e. The van der Waals surface area contributed by atoms with Crippen LogP contribution in [0.25, 0.3) is 11.1 Å². The van der Waals surface area contributed by atoms with Gasteiger partial charge in [-0.25, -0.2) is 0 Å². The molecule has 0 aliphatic carbocycles. The number of rotatable bonds is 2. The molecule has 2 rings (SSSR count). The Morgan fingerprint density at radius 1 is 0.789 bits per heavy atom. The Hall–Kier alpha value is -1.76. The van der Waals surface area contributed by atoms with Crippen LogP contribution in [-0.2, 0) is 6.42 Å². The highest BCUT2D eigenvalue weighted by molar-refractivity contribution is 5.69. The fourth-order valence-electron chi connectivity index (χ4n) is 1.64. The van der Waals surface area contributed by atoms with Crippen molar-refractivity contribution in [2.75, 3.05) is 0 Å². The van der Waals surface area contributed by atoms with E-state index in [9.17, 15) is 5.11 Å². The van der Waals surface area contributed by atoms with Crippen LogP contribution in [0.3, 0.4) is 0 Å². The van der Waals surface area contributed by atoms with Crippen molar-refractivity contribution >= 4 is 0 Å². The molecule has 0 aliphatic heterocycles. The van der Waals surface area contributed by atoms with E-state index in [0.717, 1.165) is 17.5 Å². The van der Waals surface area contributed by atoms with E-state index in [1.54, 1.807) is 6.07 Å². The van der Waals surface area contributed by atoms with E-state index in [0.29, 0.717) is 5.75 Å². The van der Waals surface area contributed by atoms with Crippen molar-refractivity contribution in [3.8, 4) is 16.9 Å². The first-order chi connectivity index (χ1) is 9.31. The van der Waals surface area contributed by atoms with Crippen LogP contribution in [0.1, 0.15) is 40.2 Å².